The van der Waals surface area contributed by atoms with E-state index < -0.39 is 0 Å². The Hall–Kier alpha value is -1.02. The molecule has 0 spiro atoms. The van der Waals surface area contributed by atoms with Gasteiger partial charge in [0, 0.05) is 5.56 Å². The van der Waals surface area contributed by atoms with Crippen molar-refractivity contribution in [3.63, 3.8) is 0 Å². The molecule has 0 N–H and O–H groups in total. The predicted octanol–water partition coefficient (Wildman–Crippen LogP) is 2.43. The highest BCUT2D eigenvalue weighted by Gasteiger charge is 2.24. The molecule has 1 heterocycles. The SMILES string of the molecule is c1cc2c(cc1C1CC1)OCOC2. The average molecular weight is 176 g/mol. The van der Waals surface area contributed by atoms with E-state index >= 15 is 0 Å². The minimum atomic E-state index is 0.404. The molecule has 1 fully saturated rings. The third-order valence-corrected chi connectivity index (χ3v) is 2.70. The normalized spacial score (nSPS) is 20.6. The zero-order valence-corrected chi connectivity index (χ0v) is 7.45. The smallest absolute Gasteiger partial charge is 0.189 e. The van der Waals surface area contributed by atoms with Gasteiger partial charge in [0.05, 0.1) is 6.61 Å². The Morgan fingerprint density at radius 2 is 2.15 bits per heavy atom. The minimum Gasteiger partial charge on any atom is -0.467 e. The predicted molar refractivity (Wildman–Crippen MR) is 48.7 cm³/mol. The Kier molecular flexibility index (Phi) is 1.56. The lowest BCUT2D eigenvalue weighted by molar-refractivity contribution is -0.0164. The van der Waals surface area contributed by atoms with Crippen molar-refractivity contribution in [3.8, 4) is 5.75 Å². The Morgan fingerprint density at radius 3 is 3.00 bits per heavy atom. The molecule has 0 unspecified atom stereocenters. The molecule has 68 valence electrons. The van der Waals surface area contributed by atoms with Crippen molar-refractivity contribution in [1.82, 2.24) is 0 Å². The maximum atomic E-state index is 5.42. The zero-order chi connectivity index (χ0) is 8.67. The third kappa shape index (κ3) is 1.31. The lowest BCUT2D eigenvalue weighted by atomic mass is 10.1. The summed E-state index contributed by atoms with van der Waals surface area (Å²) in [4.78, 5) is 0. The summed E-state index contributed by atoms with van der Waals surface area (Å²) in [6.07, 6.45) is 2.69. The van der Waals surface area contributed by atoms with Crippen LogP contribution in [-0.4, -0.2) is 6.79 Å². The van der Waals surface area contributed by atoms with Gasteiger partial charge >= 0.3 is 0 Å². The molecule has 2 heteroatoms. The molecule has 3 rings (SSSR count). The Bertz CT molecular complexity index is 329. The molecule has 2 nitrogen and oxygen atoms in total. The van der Waals surface area contributed by atoms with Crippen LogP contribution in [0.5, 0.6) is 5.75 Å². The second-order valence-corrected chi connectivity index (χ2v) is 3.75. The van der Waals surface area contributed by atoms with Gasteiger partial charge in [0.25, 0.3) is 0 Å². The molecule has 13 heavy (non-hydrogen) atoms. The molecule has 0 saturated heterocycles. The summed E-state index contributed by atoms with van der Waals surface area (Å²) in [5, 5.41) is 0. The fourth-order valence-corrected chi connectivity index (χ4v) is 1.75. The fourth-order valence-electron chi connectivity index (χ4n) is 1.75. The van der Waals surface area contributed by atoms with Gasteiger partial charge < -0.3 is 9.47 Å². The lowest BCUT2D eigenvalue weighted by Gasteiger charge is -2.18. The highest BCUT2D eigenvalue weighted by atomic mass is 16.7. The van der Waals surface area contributed by atoms with Gasteiger partial charge in [0.15, 0.2) is 6.79 Å². The van der Waals surface area contributed by atoms with Gasteiger partial charge in [-0.1, -0.05) is 12.1 Å². The second kappa shape index (κ2) is 2.74. The van der Waals surface area contributed by atoms with E-state index in [0.717, 1.165) is 11.7 Å². The lowest BCUT2D eigenvalue weighted by Crippen LogP contribution is -2.11. The van der Waals surface area contributed by atoms with Crippen LogP contribution in [-0.2, 0) is 11.3 Å². The van der Waals surface area contributed by atoms with Crippen LogP contribution in [0.1, 0.15) is 29.9 Å². The van der Waals surface area contributed by atoms with Crippen LogP contribution in [0.15, 0.2) is 18.2 Å². The summed E-state index contributed by atoms with van der Waals surface area (Å²) in [6.45, 7) is 1.10. The molecular formula is C11H12O2. The van der Waals surface area contributed by atoms with Crippen LogP contribution >= 0.6 is 0 Å². The standard InChI is InChI=1S/C11H12O2/c1-2-8(1)9-3-4-10-6-12-7-13-11(10)5-9/h3-5,8H,1-2,6-7H2. The molecule has 1 aromatic carbocycles. The van der Waals surface area contributed by atoms with Crippen LogP contribution in [0, 0.1) is 0 Å². The monoisotopic (exact) mass is 176 g/mol. The highest BCUT2D eigenvalue weighted by Crippen LogP contribution is 2.42. The molecular weight excluding hydrogens is 164 g/mol. The maximum absolute atomic E-state index is 5.42. The van der Waals surface area contributed by atoms with Gasteiger partial charge in [0.1, 0.15) is 5.75 Å². The van der Waals surface area contributed by atoms with Crippen molar-refractivity contribution in [3.05, 3.63) is 29.3 Å². The first kappa shape index (κ1) is 7.39. The molecule has 0 bridgehead atoms. The summed E-state index contributed by atoms with van der Waals surface area (Å²) in [5.74, 6) is 1.83. The van der Waals surface area contributed by atoms with Crippen LogP contribution < -0.4 is 4.74 Å². The van der Waals surface area contributed by atoms with Gasteiger partial charge in [-0.15, -0.1) is 0 Å². The largest absolute Gasteiger partial charge is 0.467 e. The van der Waals surface area contributed by atoms with Gasteiger partial charge in [-0.05, 0) is 30.4 Å². The van der Waals surface area contributed by atoms with E-state index in [4.69, 9.17) is 9.47 Å². The Morgan fingerprint density at radius 1 is 1.23 bits per heavy atom. The number of benzene rings is 1. The molecule has 0 amide bonds. The number of hydrogen-bond donors (Lipinski definition) is 0. The Balaban J connectivity index is 1.98. The van der Waals surface area contributed by atoms with Crippen molar-refractivity contribution >= 4 is 0 Å². The van der Waals surface area contributed by atoms with Crippen molar-refractivity contribution in [2.75, 3.05) is 6.79 Å². The molecule has 0 aromatic heterocycles. The summed E-state index contributed by atoms with van der Waals surface area (Å²) < 4.78 is 10.6. The van der Waals surface area contributed by atoms with Crippen molar-refractivity contribution < 1.29 is 9.47 Å². The first-order valence-corrected chi connectivity index (χ1v) is 4.77. The molecule has 1 aromatic rings. The minimum absolute atomic E-state index is 0.404. The molecule has 2 aliphatic rings. The van der Waals surface area contributed by atoms with Gasteiger partial charge in [-0.3, -0.25) is 0 Å². The summed E-state index contributed by atoms with van der Waals surface area (Å²) in [7, 11) is 0. The molecule has 1 aliphatic carbocycles. The first-order chi connectivity index (χ1) is 6.43. The zero-order valence-electron chi connectivity index (χ0n) is 7.45. The van der Waals surface area contributed by atoms with Gasteiger partial charge in [-0.2, -0.15) is 0 Å². The topological polar surface area (TPSA) is 18.5 Å². The van der Waals surface area contributed by atoms with E-state index in [2.05, 4.69) is 18.2 Å². The number of hydrogen-bond acceptors (Lipinski definition) is 2. The van der Waals surface area contributed by atoms with Crippen LogP contribution in [0.25, 0.3) is 0 Å². The van der Waals surface area contributed by atoms with Crippen LogP contribution in [0.4, 0.5) is 0 Å². The van der Waals surface area contributed by atoms with E-state index in [0.29, 0.717) is 13.4 Å². The van der Waals surface area contributed by atoms with E-state index in [1.54, 1.807) is 0 Å². The van der Waals surface area contributed by atoms with E-state index in [-0.39, 0.29) is 0 Å². The van der Waals surface area contributed by atoms with Crippen molar-refractivity contribution in [1.29, 1.82) is 0 Å². The molecule has 1 saturated carbocycles. The maximum Gasteiger partial charge on any atom is 0.189 e. The van der Waals surface area contributed by atoms with E-state index in [1.165, 1.54) is 24.0 Å². The first-order valence-electron chi connectivity index (χ1n) is 4.77. The van der Waals surface area contributed by atoms with Crippen LogP contribution in [0.3, 0.4) is 0 Å². The molecule has 1 aliphatic heterocycles. The second-order valence-electron chi connectivity index (χ2n) is 3.75. The summed E-state index contributed by atoms with van der Waals surface area (Å²) in [5.41, 5.74) is 2.61. The van der Waals surface area contributed by atoms with E-state index in [1.807, 2.05) is 0 Å². The molecule has 0 radical (unpaired) electrons. The van der Waals surface area contributed by atoms with Gasteiger partial charge in [-0.25, -0.2) is 0 Å². The van der Waals surface area contributed by atoms with Gasteiger partial charge in [0.2, 0.25) is 0 Å². The third-order valence-electron chi connectivity index (χ3n) is 2.70. The summed E-state index contributed by atoms with van der Waals surface area (Å²) in [6, 6.07) is 6.51. The summed E-state index contributed by atoms with van der Waals surface area (Å²) >= 11 is 0. The van der Waals surface area contributed by atoms with Crippen molar-refractivity contribution in [2.24, 2.45) is 0 Å². The van der Waals surface area contributed by atoms with Crippen LogP contribution in [0.2, 0.25) is 0 Å². The number of rotatable bonds is 1. The Labute approximate surface area is 77.5 Å². The number of ether oxygens (including phenoxy) is 2. The number of fused-ring (bicyclic) bond motifs is 1. The quantitative estimate of drug-likeness (QED) is 0.654. The fraction of sp³-hybridized carbons (Fsp3) is 0.455. The average Bonchev–Trinajstić information content (AvgIpc) is 3.00. The highest BCUT2D eigenvalue weighted by molar-refractivity contribution is 5.40. The molecule has 0 atom stereocenters. The van der Waals surface area contributed by atoms with Crippen molar-refractivity contribution in [2.45, 2.75) is 25.4 Å². The van der Waals surface area contributed by atoms with E-state index in [9.17, 15) is 0 Å².